The van der Waals surface area contributed by atoms with Gasteiger partial charge in [-0.2, -0.15) is 5.10 Å². The maximum atomic E-state index is 10.7. The summed E-state index contributed by atoms with van der Waals surface area (Å²) >= 11 is 0. The Morgan fingerprint density at radius 2 is 2.24 bits per heavy atom. The lowest BCUT2D eigenvalue weighted by atomic mass is 10.1. The van der Waals surface area contributed by atoms with E-state index < -0.39 is 5.97 Å². The number of aromatic amines is 1. The van der Waals surface area contributed by atoms with E-state index in [-0.39, 0.29) is 5.76 Å². The Labute approximate surface area is 94.9 Å². The summed E-state index contributed by atoms with van der Waals surface area (Å²) in [6.45, 7) is 0. The van der Waals surface area contributed by atoms with E-state index in [1.165, 1.54) is 6.07 Å². The third kappa shape index (κ3) is 1.55. The summed E-state index contributed by atoms with van der Waals surface area (Å²) < 4.78 is 4.70. The molecule has 2 heterocycles. The SMILES string of the molecule is O=C(O)c1cc(-c2ccc3cn[nH]c3c2)no1. The minimum absolute atomic E-state index is 0.176. The molecule has 0 saturated heterocycles. The molecule has 3 aromatic rings. The van der Waals surface area contributed by atoms with Gasteiger partial charge in [-0.1, -0.05) is 17.3 Å². The van der Waals surface area contributed by atoms with Crippen LogP contribution in [0.25, 0.3) is 22.2 Å². The molecular weight excluding hydrogens is 222 g/mol. The van der Waals surface area contributed by atoms with Crippen LogP contribution in [0.3, 0.4) is 0 Å². The first kappa shape index (κ1) is 9.59. The monoisotopic (exact) mass is 229 g/mol. The lowest BCUT2D eigenvalue weighted by Crippen LogP contribution is -1.91. The summed E-state index contributed by atoms with van der Waals surface area (Å²) in [6.07, 6.45) is 1.71. The zero-order valence-electron chi connectivity index (χ0n) is 8.54. The number of aromatic carboxylic acids is 1. The molecule has 0 saturated carbocycles. The summed E-state index contributed by atoms with van der Waals surface area (Å²) in [6, 6.07) is 6.94. The minimum Gasteiger partial charge on any atom is -0.475 e. The summed E-state index contributed by atoms with van der Waals surface area (Å²) in [7, 11) is 0. The van der Waals surface area contributed by atoms with Crippen molar-refractivity contribution in [1.29, 1.82) is 0 Å². The van der Waals surface area contributed by atoms with E-state index >= 15 is 0 Å². The van der Waals surface area contributed by atoms with Crippen molar-refractivity contribution in [2.75, 3.05) is 0 Å². The van der Waals surface area contributed by atoms with Gasteiger partial charge >= 0.3 is 5.97 Å². The predicted molar refractivity (Wildman–Crippen MR) is 58.6 cm³/mol. The molecule has 17 heavy (non-hydrogen) atoms. The van der Waals surface area contributed by atoms with Crippen molar-refractivity contribution < 1.29 is 14.4 Å². The standard InChI is InChI=1S/C11H7N3O3/c15-11(16)10-4-9(14-17-10)6-1-2-7-5-12-13-8(7)3-6/h1-5H,(H,12,13)(H,15,16). The Bertz CT molecular complexity index is 699. The van der Waals surface area contributed by atoms with Crippen LogP contribution in [0.2, 0.25) is 0 Å². The van der Waals surface area contributed by atoms with Crippen LogP contribution in [0.5, 0.6) is 0 Å². The quantitative estimate of drug-likeness (QED) is 0.700. The normalized spacial score (nSPS) is 10.8. The zero-order valence-corrected chi connectivity index (χ0v) is 8.54. The number of carboxylic acid groups (broad SMARTS) is 1. The van der Waals surface area contributed by atoms with Crippen molar-refractivity contribution in [3.8, 4) is 11.3 Å². The fraction of sp³-hybridized carbons (Fsp3) is 0. The molecule has 0 aliphatic heterocycles. The van der Waals surface area contributed by atoms with E-state index in [0.717, 1.165) is 16.5 Å². The maximum absolute atomic E-state index is 10.7. The molecule has 0 unspecified atom stereocenters. The minimum atomic E-state index is -1.13. The third-order valence-corrected chi connectivity index (χ3v) is 2.46. The van der Waals surface area contributed by atoms with Crippen LogP contribution in [0.4, 0.5) is 0 Å². The highest BCUT2D eigenvalue weighted by atomic mass is 16.5. The van der Waals surface area contributed by atoms with Gasteiger partial charge < -0.3 is 9.63 Å². The van der Waals surface area contributed by atoms with Crippen LogP contribution in [-0.2, 0) is 0 Å². The van der Waals surface area contributed by atoms with Crippen LogP contribution in [0, 0.1) is 0 Å². The van der Waals surface area contributed by atoms with Crippen molar-refractivity contribution in [1.82, 2.24) is 15.4 Å². The van der Waals surface area contributed by atoms with Gasteiger partial charge in [0.25, 0.3) is 0 Å². The van der Waals surface area contributed by atoms with Gasteiger partial charge in [0, 0.05) is 17.0 Å². The van der Waals surface area contributed by atoms with E-state index in [4.69, 9.17) is 9.63 Å². The molecule has 0 aliphatic rings. The van der Waals surface area contributed by atoms with E-state index in [1.807, 2.05) is 18.2 Å². The van der Waals surface area contributed by atoms with Gasteiger partial charge in [0.1, 0.15) is 5.69 Å². The van der Waals surface area contributed by atoms with Gasteiger partial charge in [-0.3, -0.25) is 5.10 Å². The topological polar surface area (TPSA) is 92.0 Å². The van der Waals surface area contributed by atoms with Crippen LogP contribution < -0.4 is 0 Å². The molecular formula is C11H7N3O3. The number of nitrogens with zero attached hydrogens (tertiary/aromatic N) is 2. The van der Waals surface area contributed by atoms with Crippen LogP contribution in [0.1, 0.15) is 10.6 Å². The van der Waals surface area contributed by atoms with Crippen molar-refractivity contribution in [2.24, 2.45) is 0 Å². The number of carboxylic acids is 1. The summed E-state index contributed by atoms with van der Waals surface area (Å²) in [5.74, 6) is -1.31. The first-order valence-electron chi connectivity index (χ1n) is 4.87. The fourth-order valence-corrected chi connectivity index (χ4v) is 1.61. The lowest BCUT2D eigenvalue weighted by Gasteiger charge is -1.94. The Kier molecular flexibility index (Phi) is 1.94. The largest absolute Gasteiger partial charge is 0.475 e. The molecule has 0 aliphatic carbocycles. The van der Waals surface area contributed by atoms with E-state index in [1.54, 1.807) is 6.20 Å². The zero-order chi connectivity index (χ0) is 11.8. The van der Waals surface area contributed by atoms with Gasteiger partial charge in [-0.15, -0.1) is 0 Å². The second kappa shape index (κ2) is 3.44. The molecule has 3 rings (SSSR count). The average Bonchev–Trinajstić information content (AvgIpc) is 2.97. The molecule has 6 heteroatoms. The Balaban J connectivity index is 2.09. The maximum Gasteiger partial charge on any atom is 0.374 e. The molecule has 0 atom stereocenters. The number of rotatable bonds is 2. The van der Waals surface area contributed by atoms with Gasteiger partial charge in [0.15, 0.2) is 0 Å². The Hall–Kier alpha value is -2.63. The number of aromatic nitrogens is 3. The first-order chi connectivity index (χ1) is 8.24. The smallest absolute Gasteiger partial charge is 0.374 e. The van der Waals surface area contributed by atoms with Crippen molar-refractivity contribution in [3.63, 3.8) is 0 Å². The summed E-state index contributed by atoms with van der Waals surface area (Å²) in [5, 5.41) is 20.2. The Morgan fingerprint density at radius 3 is 3.00 bits per heavy atom. The van der Waals surface area contributed by atoms with Gasteiger partial charge in [0.2, 0.25) is 5.76 Å². The predicted octanol–water partition coefficient (Wildman–Crippen LogP) is 1.92. The molecule has 0 fully saturated rings. The van der Waals surface area contributed by atoms with Crippen LogP contribution in [-0.4, -0.2) is 26.4 Å². The lowest BCUT2D eigenvalue weighted by molar-refractivity contribution is 0.0652. The highest BCUT2D eigenvalue weighted by Gasteiger charge is 2.12. The third-order valence-electron chi connectivity index (χ3n) is 2.46. The van der Waals surface area contributed by atoms with Crippen molar-refractivity contribution in [2.45, 2.75) is 0 Å². The molecule has 6 nitrogen and oxygen atoms in total. The number of hydrogen-bond donors (Lipinski definition) is 2. The highest BCUT2D eigenvalue weighted by molar-refractivity contribution is 5.87. The van der Waals surface area contributed by atoms with E-state index in [2.05, 4.69) is 15.4 Å². The first-order valence-corrected chi connectivity index (χ1v) is 4.87. The summed E-state index contributed by atoms with van der Waals surface area (Å²) in [4.78, 5) is 10.7. The number of carbonyl (C=O) groups is 1. The van der Waals surface area contributed by atoms with E-state index in [0.29, 0.717) is 5.69 Å². The van der Waals surface area contributed by atoms with Crippen molar-refractivity contribution in [3.05, 3.63) is 36.2 Å². The number of fused-ring (bicyclic) bond motifs is 1. The second-order valence-electron chi connectivity index (χ2n) is 3.55. The second-order valence-corrected chi connectivity index (χ2v) is 3.55. The summed E-state index contributed by atoms with van der Waals surface area (Å²) in [5.41, 5.74) is 2.12. The van der Waals surface area contributed by atoms with Gasteiger partial charge in [-0.05, 0) is 6.07 Å². The van der Waals surface area contributed by atoms with Crippen LogP contribution >= 0.6 is 0 Å². The number of benzene rings is 1. The number of H-pyrrole nitrogens is 1. The van der Waals surface area contributed by atoms with E-state index in [9.17, 15) is 4.79 Å². The molecule has 2 N–H and O–H groups in total. The molecule has 0 radical (unpaired) electrons. The van der Waals surface area contributed by atoms with Gasteiger partial charge in [-0.25, -0.2) is 4.79 Å². The van der Waals surface area contributed by atoms with Gasteiger partial charge in [0.05, 0.1) is 11.7 Å². The number of hydrogen-bond acceptors (Lipinski definition) is 4. The molecule has 1 aromatic carbocycles. The molecule has 0 amide bonds. The van der Waals surface area contributed by atoms with Crippen molar-refractivity contribution >= 4 is 16.9 Å². The molecule has 2 aromatic heterocycles. The number of nitrogens with one attached hydrogen (secondary N) is 1. The molecule has 0 spiro atoms. The fourth-order valence-electron chi connectivity index (χ4n) is 1.61. The average molecular weight is 229 g/mol. The highest BCUT2D eigenvalue weighted by Crippen LogP contribution is 2.22. The molecule has 0 bridgehead atoms. The molecule has 84 valence electrons. The van der Waals surface area contributed by atoms with Crippen LogP contribution in [0.15, 0.2) is 35.0 Å². The Morgan fingerprint density at radius 1 is 1.35 bits per heavy atom.